The van der Waals surface area contributed by atoms with Crippen molar-refractivity contribution in [3.63, 3.8) is 0 Å². The van der Waals surface area contributed by atoms with E-state index in [9.17, 15) is 4.79 Å². The number of carbonyl (C=O) groups is 1. The molecule has 4 aromatic rings. The zero-order valence-electron chi connectivity index (χ0n) is 17.9. The molecule has 1 aliphatic heterocycles. The summed E-state index contributed by atoms with van der Waals surface area (Å²) in [5.41, 5.74) is 2.69. The molecule has 9 heteroatoms. The molecule has 33 heavy (non-hydrogen) atoms. The first-order chi connectivity index (χ1) is 16.2. The molecule has 2 aromatic carbocycles. The highest BCUT2D eigenvalue weighted by Gasteiger charge is 2.22. The van der Waals surface area contributed by atoms with E-state index in [0.29, 0.717) is 42.4 Å². The summed E-state index contributed by atoms with van der Waals surface area (Å²) in [4.78, 5) is 16.1. The van der Waals surface area contributed by atoms with Crippen molar-refractivity contribution >= 4 is 34.7 Å². The molecule has 5 rings (SSSR count). The number of thioether (sulfide) groups is 1. The van der Waals surface area contributed by atoms with Gasteiger partial charge in [-0.25, -0.2) is 0 Å². The van der Waals surface area contributed by atoms with Crippen molar-refractivity contribution in [3.8, 4) is 23.0 Å². The fraction of sp³-hybridized carbons (Fsp3) is 0.208. The van der Waals surface area contributed by atoms with Gasteiger partial charge in [0.05, 0.1) is 12.3 Å². The van der Waals surface area contributed by atoms with E-state index in [0.717, 1.165) is 21.7 Å². The summed E-state index contributed by atoms with van der Waals surface area (Å²) in [6, 6.07) is 17.4. The Balaban J connectivity index is 1.33. The quantitative estimate of drug-likeness (QED) is 0.337. The molecule has 0 unspecified atom stereocenters. The Morgan fingerprint density at radius 2 is 1.91 bits per heavy atom. The third-order valence-electron chi connectivity index (χ3n) is 5.13. The molecule has 0 saturated heterocycles. The van der Waals surface area contributed by atoms with E-state index in [2.05, 4.69) is 10.2 Å². The summed E-state index contributed by atoms with van der Waals surface area (Å²) in [5, 5.41) is 10.6. The number of hydrogen-bond acceptors (Lipinski definition) is 8. The van der Waals surface area contributed by atoms with Crippen LogP contribution in [0.2, 0.25) is 0 Å². The van der Waals surface area contributed by atoms with Gasteiger partial charge in [0, 0.05) is 22.2 Å². The molecule has 0 N–H and O–H groups in total. The fourth-order valence-corrected chi connectivity index (χ4v) is 4.80. The lowest BCUT2D eigenvalue weighted by atomic mass is 10.1. The van der Waals surface area contributed by atoms with Crippen LogP contribution in [0, 0.1) is 6.92 Å². The number of carbonyl (C=O) groups excluding carboxylic acids is 1. The second kappa shape index (κ2) is 9.68. The SMILES string of the molecule is Cc1ccccc1-c1nnc(SCC(=O)N(Cc2cccs2)c2ccc3c(c2)OCCO3)o1. The zero-order chi connectivity index (χ0) is 22.6. The Morgan fingerprint density at radius 1 is 1.06 bits per heavy atom. The van der Waals surface area contributed by atoms with Crippen LogP contribution in [0.25, 0.3) is 11.5 Å². The Bertz CT molecular complexity index is 1260. The van der Waals surface area contributed by atoms with Gasteiger partial charge in [0.1, 0.15) is 13.2 Å². The minimum absolute atomic E-state index is 0.0688. The second-order valence-electron chi connectivity index (χ2n) is 7.36. The maximum Gasteiger partial charge on any atom is 0.277 e. The molecule has 0 spiro atoms. The molecule has 0 atom stereocenters. The van der Waals surface area contributed by atoms with Gasteiger partial charge < -0.3 is 18.8 Å². The van der Waals surface area contributed by atoms with Gasteiger partial charge in [0.15, 0.2) is 11.5 Å². The number of fused-ring (bicyclic) bond motifs is 1. The summed E-state index contributed by atoms with van der Waals surface area (Å²) >= 11 is 2.84. The number of aryl methyl sites for hydroxylation is 1. The smallest absolute Gasteiger partial charge is 0.277 e. The Hall–Kier alpha value is -3.30. The molecule has 3 heterocycles. The van der Waals surface area contributed by atoms with E-state index in [1.807, 2.05) is 66.9 Å². The average Bonchev–Trinajstić information content (AvgIpc) is 3.53. The zero-order valence-corrected chi connectivity index (χ0v) is 19.5. The lowest BCUT2D eigenvalue weighted by Gasteiger charge is -2.25. The van der Waals surface area contributed by atoms with Crippen LogP contribution in [0.1, 0.15) is 10.4 Å². The summed E-state index contributed by atoms with van der Waals surface area (Å²) < 4.78 is 17.1. The number of aromatic nitrogens is 2. The van der Waals surface area contributed by atoms with Gasteiger partial charge in [0.2, 0.25) is 11.8 Å². The van der Waals surface area contributed by atoms with Crippen LogP contribution >= 0.6 is 23.1 Å². The number of ether oxygens (including phenoxy) is 2. The monoisotopic (exact) mass is 479 g/mol. The predicted octanol–water partition coefficient (Wildman–Crippen LogP) is 5.20. The van der Waals surface area contributed by atoms with Gasteiger partial charge in [-0.05, 0) is 42.1 Å². The van der Waals surface area contributed by atoms with Crippen LogP contribution in [-0.2, 0) is 11.3 Å². The van der Waals surface area contributed by atoms with Crippen molar-refractivity contribution in [1.29, 1.82) is 0 Å². The second-order valence-corrected chi connectivity index (χ2v) is 9.32. The maximum atomic E-state index is 13.3. The number of rotatable bonds is 7. The largest absolute Gasteiger partial charge is 0.486 e. The number of amides is 1. The number of thiophene rings is 1. The standard InChI is InChI=1S/C24H21N3O4S2/c1-16-5-2-3-7-19(16)23-25-26-24(31-23)33-15-22(28)27(14-18-6-4-12-32-18)17-8-9-20-21(13-17)30-11-10-29-20/h2-9,12-13H,10-11,14-15H2,1H3. The first kappa shape index (κ1) is 21.5. The number of nitrogens with zero attached hydrogens (tertiary/aromatic N) is 3. The number of benzene rings is 2. The molecule has 0 fully saturated rings. The molecule has 7 nitrogen and oxygen atoms in total. The van der Waals surface area contributed by atoms with Crippen molar-refractivity contribution in [2.75, 3.05) is 23.9 Å². The van der Waals surface area contributed by atoms with Crippen LogP contribution in [0.5, 0.6) is 11.5 Å². The van der Waals surface area contributed by atoms with E-state index in [4.69, 9.17) is 13.9 Å². The van der Waals surface area contributed by atoms with Gasteiger partial charge >= 0.3 is 0 Å². The first-order valence-corrected chi connectivity index (χ1v) is 12.3. The highest BCUT2D eigenvalue weighted by Crippen LogP contribution is 2.35. The Morgan fingerprint density at radius 3 is 2.73 bits per heavy atom. The third-order valence-corrected chi connectivity index (χ3v) is 6.80. The fourth-order valence-electron chi connectivity index (χ4n) is 3.47. The molecule has 168 valence electrons. The molecule has 0 bridgehead atoms. The Kier molecular flexibility index (Phi) is 6.32. The van der Waals surface area contributed by atoms with Crippen LogP contribution < -0.4 is 14.4 Å². The highest BCUT2D eigenvalue weighted by atomic mass is 32.2. The molecule has 0 radical (unpaired) electrons. The van der Waals surface area contributed by atoms with E-state index in [1.54, 1.807) is 16.2 Å². The lowest BCUT2D eigenvalue weighted by molar-refractivity contribution is -0.116. The average molecular weight is 480 g/mol. The molecule has 1 amide bonds. The van der Waals surface area contributed by atoms with Gasteiger partial charge in [-0.2, -0.15) is 0 Å². The number of anilines is 1. The van der Waals surface area contributed by atoms with Crippen LogP contribution in [-0.4, -0.2) is 35.1 Å². The summed E-state index contributed by atoms with van der Waals surface area (Å²) in [5.74, 6) is 1.88. The van der Waals surface area contributed by atoms with E-state index >= 15 is 0 Å². The topological polar surface area (TPSA) is 77.7 Å². The van der Waals surface area contributed by atoms with Crippen LogP contribution in [0.4, 0.5) is 5.69 Å². The number of hydrogen-bond donors (Lipinski definition) is 0. The van der Waals surface area contributed by atoms with Gasteiger partial charge in [0.25, 0.3) is 5.22 Å². The lowest BCUT2D eigenvalue weighted by Crippen LogP contribution is -2.31. The van der Waals surface area contributed by atoms with Crippen molar-refractivity contribution in [1.82, 2.24) is 10.2 Å². The molecule has 0 aliphatic carbocycles. The molecular weight excluding hydrogens is 458 g/mol. The van der Waals surface area contributed by atoms with E-state index in [1.165, 1.54) is 11.8 Å². The van der Waals surface area contributed by atoms with Crippen LogP contribution in [0.3, 0.4) is 0 Å². The third kappa shape index (κ3) is 4.89. The van der Waals surface area contributed by atoms with Crippen molar-refractivity contribution in [3.05, 3.63) is 70.4 Å². The molecule has 0 saturated carbocycles. The summed E-state index contributed by atoms with van der Waals surface area (Å²) in [6.45, 7) is 3.47. The highest BCUT2D eigenvalue weighted by molar-refractivity contribution is 7.99. The summed E-state index contributed by atoms with van der Waals surface area (Å²) in [6.07, 6.45) is 0. The normalized spacial score (nSPS) is 12.5. The predicted molar refractivity (Wildman–Crippen MR) is 128 cm³/mol. The summed E-state index contributed by atoms with van der Waals surface area (Å²) in [7, 11) is 0. The molecule has 1 aliphatic rings. The maximum absolute atomic E-state index is 13.3. The Labute approximate surface area is 199 Å². The molecular formula is C24H21N3O4S2. The minimum atomic E-state index is -0.0688. The van der Waals surface area contributed by atoms with Gasteiger partial charge in [-0.15, -0.1) is 21.5 Å². The van der Waals surface area contributed by atoms with Crippen molar-refractivity contribution in [2.45, 2.75) is 18.7 Å². The molecule has 2 aromatic heterocycles. The minimum Gasteiger partial charge on any atom is -0.486 e. The van der Waals surface area contributed by atoms with Gasteiger partial charge in [-0.3, -0.25) is 4.79 Å². The first-order valence-electron chi connectivity index (χ1n) is 10.4. The van der Waals surface area contributed by atoms with Crippen molar-refractivity contribution in [2.24, 2.45) is 0 Å². The van der Waals surface area contributed by atoms with E-state index < -0.39 is 0 Å². The van der Waals surface area contributed by atoms with Crippen molar-refractivity contribution < 1.29 is 18.7 Å². The van der Waals surface area contributed by atoms with Gasteiger partial charge in [-0.1, -0.05) is 36.0 Å². The van der Waals surface area contributed by atoms with E-state index in [-0.39, 0.29) is 11.7 Å². The van der Waals surface area contributed by atoms with Crippen LogP contribution in [0.15, 0.2) is 69.6 Å².